The maximum absolute atomic E-state index is 11.8. The Balaban J connectivity index is 2.07. The lowest BCUT2D eigenvalue weighted by Crippen LogP contribution is -2.16. The molecule has 0 amide bonds. The van der Waals surface area contributed by atoms with E-state index in [1.165, 1.54) is 0 Å². The van der Waals surface area contributed by atoms with Gasteiger partial charge in [0.25, 0.3) is 0 Å². The van der Waals surface area contributed by atoms with Crippen molar-refractivity contribution in [3.63, 3.8) is 0 Å². The second-order valence-electron chi connectivity index (χ2n) is 3.99. The van der Waals surface area contributed by atoms with E-state index in [9.17, 15) is 8.42 Å². The first-order valence-corrected chi connectivity index (χ1v) is 8.71. The van der Waals surface area contributed by atoms with Crippen molar-refractivity contribution >= 4 is 48.7 Å². The third-order valence-electron chi connectivity index (χ3n) is 2.52. The van der Waals surface area contributed by atoms with Crippen LogP contribution in [0.1, 0.15) is 12.8 Å². The Kier molecular flexibility index (Phi) is 4.48. The Morgan fingerprint density at radius 1 is 1.22 bits per heavy atom. The summed E-state index contributed by atoms with van der Waals surface area (Å²) in [6, 6.07) is 7.55. The van der Waals surface area contributed by atoms with Gasteiger partial charge in [0, 0.05) is 16.3 Å². The molecule has 18 heavy (non-hydrogen) atoms. The highest BCUT2D eigenvalue weighted by atomic mass is 35.5. The van der Waals surface area contributed by atoms with Crippen LogP contribution in [-0.4, -0.2) is 20.1 Å². The van der Waals surface area contributed by atoms with Crippen molar-refractivity contribution < 1.29 is 8.42 Å². The summed E-state index contributed by atoms with van der Waals surface area (Å²) in [6.07, 6.45) is 1.30. The van der Waals surface area contributed by atoms with E-state index in [4.69, 9.17) is 11.6 Å². The molecule has 6 heteroatoms. The molecule has 1 N–H and O–H groups in total. The van der Waals surface area contributed by atoms with Gasteiger partial charge in [-0.1, -0.05) is 0 Å². The molecule has 0 aliphatic heterocycles. The van der Waals surface area contributed by atoms with Crippen molar-refractivity contribution in [1.82, 2.24) is 0 Å². The zero-order valence-electron chi connectivity index (χ0n) is 9.73. The van der Waals surface area contributed by atoms with E-state index in [-0.39, 0.29) is 5.75 Å². The first-order valence-electron chi connectivity index (χ1n) is 5.64. The van der Waals surface area contributed by atoms with E-state index in [2.05, 4.69) is 4.72 Å². The summed E-state index contributed by atoms with van der Waals surface area (Å²) < 4.78 is 27.3. The highest BCUT2D eigenvalue weighted by Crippen LogP contribution is 2.24. The van der Waals surface area contributed by atoms with E-state index < -0.39 is 10.0 Å². The third-order valence-corrected chi connectivity index (χ3v) is 5.06. The predicted molar refractivity (Wildman–Crippen MR) is 79.2 cm³/mol. The quantitative estimate of drug-likeness (QED) is 0.654. The third kappa shape index (κ3) is 3.60. The van der Waals surface area contributed by atoms with Crippen LogP contribution in [0.5, 0.6) is 0 Å². The van der Waals surface area contributed by atoms with Crippen molar-refractivity contribution in [2.75, 3.05) is 16.4 Å². The fourth-order valence-corrected chi connectivity index (χ4v) is 3.78. The molecule has 0 saturated heterocycles. The molecule has 0 aliphatic rings. The minimum absolute atomic E-state index is 0.112. The molecule has 2 aromatic rings. The first-order chi connectivity index (χ1) is 8.61. The molecule has 0 bridgehead atoms. The summed E-state index contributed by atoms with van der Waals surface area (Å²) in [5, 5.41) is 3.05. The zero-order valence-corrected chi connectivity index (χ0v) is 12.1. The summed E-state index contributed by atoms with van der Waals surface area (Å²) in [6.45, 7) is 0. The predicted octanol–water partition coefficient (Wildman–Crippen LogP) is 3.66. The molecule has 3 nitrogen and oxygen atoms in total. The van der Waals surface area contributed by atoms with Crippen molar-refractivity contribution in [3.05, 3.63) is 29.6 Å². The molecule has 98 valence electrons. The Labute approximate surface area is 116 Å². The van der Waals surface area contributed by atoms with E-state index in [1.54, 1.807) is 17.4 Å². The summed E-state index contributed by atoms with van der Waals surface area (Å²) in [5.74, 6) is 0.609. The fraction of sp³-hybridized carbons (Fsp3) is 0.333. The monoisotopic (exact) mass is 303 g/mol. The van der Waals surface area contributed by atoms with Gasteiger partial charge in [-0.2, -0.15) is 0 Å². The Morgan fingerprint density at radius 3 is 2.83 bits per heavy atom. The molecule has 0 unspecified atom stereocenters. The summed E-state index contributed by atoms with van der Waals surface area (Å²) in [5.41, 5.74) is 0.617. The molecule has 0 aliphatic carbocycles. The number of sulfonamides is 1. The number of alkyl halides is 1. The van der Waals surface area contributed by atoms with Crippen LogP contribution in [0.4, 0.5) is 5.69 Å². The number of halogens is 1. The maximum atomic E-state index is 11.8. The number of hydrogen-bond acceptors (Lipinski definition) is 3. The van der Waals surface area contributed by atoms with Gasteiger partial charge in [-0.15, -0.1) is 22.9 Å². The molecular weight excluding hydrogens is 290 g/mol. The van der Waals surface area contributed by atoms with Gasteiger partial charge in [-0.3, -0.25) is 4.72 Å². The van der Waals surface area contributed by atoms with E-state index in [0.717, 1.165) is 10.1 Å². The lowest BCUT2D eigenvalue weighted by atomic mass is 10.2. The SMILES string of the molecule is O=S(=O)(CCCCCl)Nc1ccc2sccc2c1. The van der Waals surface area contributed by atoms with Gasteiger partial charge in [-0.25, -0.2) is 8.42 Å². The highest BCUT2D eigenvalue weighted by Gasteiger charge is 2.10. The zero-order chi connectivity index (χ0) is 13.0. The number of nitrogens with one attached hydrogen (secondary N) is 1. The normalized spacial score (nSPS) is 11.8. The standard InChI is InChI=1S/C12H14ClNO2S2/c13-6-1-2-8-18(15,16)14-11-3-4-12-10(9-11)5-7-17-12/h3-5,7,9,14H,1-2,6,8H2. The largest absolute Gasteiger partial charge is 0.284 e. The topological polar surface area (TPSA) is 46.2 Å². The maximum Gasteiger partial charge on any atom is 0.232 e. The molecule has 1 aromatic heterocycles. The molecule has 0 spiro atoms. The number of hydrogen-bond donors (Lipinski definition) is 1. The summed E-state index contributed by atoms with van der Waals surface area (Å²) >= 11 is 7.17. The Hall–Kier alpha value is -0.780. The number of anilines is 1. The molecule has 0 radical (unpaired) electrons. The summed E-state index contributed by atoms with van der Waals surface area (Å²) in [7, 11) is -3.26. The van der Waals surface area contributed by atoms with Gasteiger partial charge in [0.2, 0.25) is 10.0 Å². The lowest BCUT2D eigenvalue weighted by molar-refractivity contribution is 0.598. The molecule has 2 rings (SSSR count). The molecule has 1 heterocycles. The van der Waals surface area contributed by atoms with Crippen LogP contribution in [0.25, 0.3) is 10.1 Å². The number of fused-ring (bicyclic) bond motifs is 1. The smallest absolute Gasteiger partial charge is 0.232 e. The minimum atomic E-state index is -3.26. The summed E-state index contributed by atoms with van der Waals surface area (Å²) in [4.78, 5) is 0. The van der Waals surface area contributed by atoms with E-state index in [0.29, 0.717) is 24.4 Å². The van der Waals surface area contributed by atoms with Crippen LogP contribution in [0.15, 0.2) is 29.6 Å². The average Bonchev–Trinajstić information content (AvgIpc) is 2.75. The van der Waals surface area contributed by atoms with Crippen molar-refractivity contribution in [2.45, 2.75) is 12.8 Å². The van der Waals surface area contributed by atoms with E-state index in [1.807, 2.05) is 23.6 Å². The van der Waals surface area contributed by atoms with Crippen LogP contribution in [0.2, 0.25) is 0 Å². The number of benzene rings is 1. The average molecular weight is 304 g/mol. The van der Waals surface area contributed by atoms with Gasteiger partial charge >= 0.3 is 0 Å². The Bertz CT molecular complexity index is 622. The van der Waals surface area contributed by atoms with Gasteiger partial charge < -0.3 is 0 Å². The van der Waals surface area contributed by atoms with Gasteiger partial charge in [0.05, 0.1) is 5.75 Å². The van der Waals surface area contributed by atoms with E-state index >= 15 is 0 Å². The number of rotatable bonds is 6. The molecule has 0 fully saturated rings. The van der Waals surface area contributed by atoms with Crippen LogP contribution < -0.4 is 4.72 Å². The van der Waals surface area contributed by atoms with Crippen molar-refractivity contribution in [1.29, 1.82) is 0 Å². The second kappa shape index (κ2) is 5.91. The van der Waals surface area contributed by atoms with Gasteiger partial charge in [0.15, 0.2) is 0 Å². The Morgan fingerprint density at radius 2 is 2.06 bits per heavy atom. The minimum Gasteiger partial charge on any atom is -0.284 e. The number of unbranched alkanes of at least 4 members (excludes halogenated alkanes) is 1. The number of thiophene rings is 1. The van der Waals surface area contributed by atoms with Crippen LogP contribution in [0.3, 0.4) is 0 Å². The van der Waals surface area contributed by atoms with Crippen molar-refractivity contribution in [3.8, 4) is 0 Å². The molecule has 0 saturated carbocycles. The second-order valence-corrected chi connectivity index (χ2v) is 7.16. The fourth-order valence-electron chi connectivity index (χ4n) is 1.65. The van der Waals surface area contributed by atoms with Crippen LogP contribution >= 0.6 is 22.9 Å². The first kappa shape index (κ1) is 13.6. The van der Waals surface area contributed by atoms with Crippen molar-refractivity contribution in [2.24, 2.45) is 0 Å². The molecular formula is C12H14ClNO2S2. The van der Waals surface area contributed by atoms with Crippen LogP contribution in [0, 0.1) is 0 Å². The lowest BCUT2D eigenvalue weighted by Gasteiger charge is -2.07. The molecule has 0 atom stereocenters. The van der Waals surface area contributed by atoms with Gasteiger partial charge in [0.1, 0.15) is 0 Å². The van der Waals surface area contributed by atoms with Crippen LogP contribution in [-0.2, 0) is 10.0 Å². The highest BCUT2D eigenvalue weighted by molar-refractivity contribution is 7.92. The van der Waals surface area contributed by atoms with Gasteiger partial charge in [-0.05, 0) is 47.9 Å². The molecule has 1 aromatic carbocycles.